The van der Waals surface area contributed by atoms with Gasteiger partial charge >= 0.3 is 6.18 Å². The second-order valence-electron chi connectivity index (χ2n) is 11.9. The van der Waals surface area contributed by atoms with Crippen molar-refractivity contribution >= 4 is 55.6 Å². The first-order chi connectivity index (χ1) is 25.5. The van der Waals surface area contributed by atoms with Crippen LogP contribution < -0.4 is 30.0 Å². The lowest BCUT2D eigenvalue weighted by Gasteiger charge is -2.27. The molecule has 0 fully saturated rings. The number of rotatable bonds is 14. The third-order valence-electron chi connectivity index (χ3n) is 8.36. The molecule has 3 aromatic heterocycles. The van der Waals surface area contributed by atoms with Gasteiger partial charge in [0.15, 0.2) is 5.75 Å². The van der Waals surface area contributed by atoms with Crippen molar-refractivity contribution in [3.8, 4) is 28.5 Å². The lowest BCUT2D eigenvalue weighted by atomic mass is 9.99. The molecule has 0 unspecified atom stereocenters. The minimum absolute atomic E-state index is 0.00789. The fraction of sp³-hybridized carbons (Fsp3) is 0.243. The highest BCUT2D eigenvalue weighted by Gasteiger charge is 2.38. The molecule has 0 radical (unpaired) electrons. The summed E-state index contributed by atoms with van der Waals surface area (Å²) in [5.41, 5.74) is 1.46. The van der Waals surface area contributed by atoms with Crippen LogP contribution in [0, 0.1) is 6.92 Å². The SMILES string of the molecule is COc1ccc(CN(Cc2ccc(OC)cc2)c2cc(C)c(C(F)(F)F)c(-c3cc4nc[nH]c(=O)c4c(OCCNCc4scnc4Br)c3Cl)n2)cc1. The molecule has 16 heteroatoms. The molecule has 3 aromatic carbocycles. The number of aromatic nitrogens is 4. The van der Waals surface area contributed by atoms with E-state index in [2.05, 4.69) is 41.2 Å². The summed E-state index contributed by atoms with van der Waals surface area (Å²) in [6, 6.07) is 17.6. The highest BCUT2D eigenvalue weighted by Crippen LogP contribution is 2.46. The Hall–Kier alpha value is -4.70. The number of alkyl halides is 3. The Labute approximate surface area is 320 Å². The van der Waals surface area contributed by atoms with E-state index in [1.807, 2.05) is 53.4 Å². The first kappa shape index (κ1) is 38.0. The zero-order chi connectivity index (χ0) is 37.7. The highest BCUT2D eigenvalue weighted by atomic mass is 79.9. The van der Waals surface area contributed by atoms with Gasteiger partial charge in [-0.15, -0.1) is 11.3 Å². The molecule has 2 N–H and O–H groups in total. The van der Waals surface area contributed by atoms with Crippen molar-refractivity contribution in [1.82, 2.24) is 25.3 Å². The molecule has 0 saturated carbocycles. The van der Waals surface area contributed by atoms with Crippen LogP contribution in [0.2, 0.25) is 5.02 Å². The number of halogens is 5. The molecule has 6 aromatic rings. The number of H-pyrrole nitrogens is 1. The molecule has 0 atom stereocenters. The quantitative estimate of drug-likeness (QED) is 0.104. The molecule has 10 nitrogen and oxygen atoms in total. The van der Waals surface area contributed by atoms with Crippen LogP contribution in [0.1, 0.15) is 27.1 Å². The average Bonchev–Trinajstić information content (AvgIpc) is 3.55. The zero-order valence-electron chi connectivity index (χ0n) is 28.7. The van der Waals surface area contributed by atoms with Crippen LogP contribution in [0.3, 0.4) is 0 Å². The molecule has 0 aliphatic carbocycles. The molecule has 3 heterocycles. The van der Waals surface area contributed by atoms with Crippen LogP contribution in [0.4, 0.5) is 19.0 Å². The van der Waals surface area contributed by atoms with Gasteiger partial charge < -0.3 is 29.4 Å². The fourth-order valence-corrected chi connectivity index (χ4v) is 7.34. The fourth-order valence-electron chi connectivity index (χ4n) is 5.77. The van der Waals surface area contributed by atoms with Gasteiger partial charge in [-0.25, -0.2) is 15.0 Å². The smallest absolute Gasteiger partial charge is 0.418 e. The Kier molecular flexibility index (Phi) is 11.9. The molecule has 0 amide bonds. The van der Waals surface area contributed by atoms with Crippen molar-refractivity contribution in [2.24, 2.45) is 0 Å². The summed E-state index contributed by atoms with van der Waals surface area (Å²) in [6.45, 7) is 2.86. The number of hydrogen-bond donors (Lipinski definition) is 2. The van der Waals surface area contributed by atoms with Crippen molar-refractivity contribution in [2.45, 2.75) is 32.7 Å². The molecule has 0 bridgehead atoms. The Morgan fingerprint density at radius 1 is 0.981 bits per heavy atom. The zero-order valence-corrected chi connectivity index (χ0v) is 31.8. The first-order valence-corrected chi connectivity index (χ1v) is 18.2. The van der Waals surface area contributed by atoms with Crippen molar-refractivity contribution < 1.29 is 27.4 Å². The Morgan fingerprint density at radius 3 is 2.19 bits per heavy atom. The summed E-state index contributed by atoms with van der Waals surface area (Å²) >= 11 is 11.8. The summed E-state index contributed by atoms with van der Waals surface area (Å²) in [5, 5.41) is 3.03. The monoisotopic (exact) mass is 828 g/mol. The average molecular weight is 830 g/mol. The van der Waals surface area contributed by atoms with E-state index in [0.717, 1.165) is 20.6 Å². The van der Waals surface area contributed by atoms with E-state index in [1.54, 1.807) is 19.7 Å². The molecule has 0 aliphatic rings. The highest BCUT2D eigenvalue weighted by molar-refractivity contribution is 9.10. The number of aryl methyl sites for hydroxylation is 1. The van der Waals surface area contributed by atoms with E-state index in [0.29, 0.717) is 37.7 Å². The Morgan fingerprint density at radius 2 is 1.62 bits per heavy atom. The molecule has 0 spiro atoms. The van der Waals surface area contributed by atoms with Gasteiger partial charge in [0.05, 0.1) is 52.7 Å². The molecule has 0 aliphatic heterocycles. The summed E-state index contributed by atoms with van der Waals surface area (Å²) in [4.78, 5) is 31.5. The van der Waals surface area contributed by atoms with E-state index in [4.69, 9.17) is 25.8 Å². The maximum Gasteiger partial charge on any atom is 0.418 e. The van der Waals surface area contributed by atoms with E-state index < -0.39 is 23.0 Å². The third kappa shape index (κ3) is 8.75. The molecule has 6 rings (SSSR count). The number of thiazole rings is 1. The largest absolute Gasteiger partial charge is 0.497 e. The van der Waals surface area contributed by atoms with Crippen molar-refractivity contribution in [1.29, 1.82) is 0 Å². The number of nitrogens with one attached hydrogen (secondary N) is 2. The number of fused-ring (bicyclic) bond motifs is 1. The number of nitrogens with zero attached hydrogens (tertiary/aromatic N) is 4. The van der Waals surface area contributed by atoms with Crippen LogP contribution in [0.25, 0.3) is 22.2 Å². The summed E-state index contributed by atoms with van der Waals surface area (Å²) < 4.78 is 62.3. The number of benzene rings is 3. The van der Waals surface area contributed by atoms with Crippen LogP contribution >= 0.6 is 38.9 Å². The molecular weight excluding hydrogens is 797 g/mol. The van der Waals surface area contributed by atoms with Gasteiger partial charge in [0, 0.05) is 31.7 Å². The predicted molar refractivity (Wildman–Crippen MR) is 203 cm³/mol. The van der Waals surface area contributed by atoms with E-state index in [1.165, 1.54) is 36.7 Å². The van der Waals surface area contributed by atoms with Gasteiger partial charge in [-0.1, -0.05) is 35.9 Å². The van der Waals surface area contributed by atoms with Gasteiger partial charge in [0.25, 0.3) is 5.56 Å². The van der Waals surface area contributed by atoms with Gasteiger partial charge in [-0.3, -0.25) is 4.79 Å². The van der Waals surface area contributed by atoms with Crippen LogP contribution in [-0.2, 0) is 25.8 Å². The summed E-state index contributed by atoms with van der Waals surface area (Å²) in [5.74, 6) is 1.51. The number of ether oxygens (including phenoxy) is 3. The molecule has 53 heavy (non-hydrogen) atoms. The first-order valence-electron chi connectivity index (χ1n) is 16.2. The van der Waals surface area contributed by atoms with Crippen LogP contribution in [-0.4, -0.2) is 47.3 Å². The van der Waals surface area contributed by atoms with Crippen LogP contribution in [0.15, 0.2) is 81.9 Å². The number of hydrogen-bond acceptors (Lipinski definition) is 10. The Balaban J connectivity index is 1.44. The maximum absolute atomic E-state index is 15.0. The molecule has 276 valence electrons. The summed E-state index contributed by atoms with van der Waals surface area (Å²) in [7, 11) is 3.14. The van der Waals surface area contributed by atoms with Gasteiger partial charge in [-0.05, 0) is 75.9 Å². The molecular formula is C37H33BrClF3N6O4S. The number of pyridine rings is 1. The second-order valence-corrected chi connectivity index (χ2v) is 13.9. The number of aromatic amines is 1. The predicted octanol–water partition coefficient (Wildman–Crippen LogP) is 8.58. The van der Waals surface area contributed by atoms with Crippen molar-refractivity contribution in [2.75, 3.05) is 32.3 Å². The number of anilines is 1. The number of methoxy groups -OCH3 is 2. The second kappa shape index (κ2) is 16.5. The normalized spacial score (nSPS) is 11.5. The lowest BCUT2D eigenvalue weighted by molar-refractivity contribution is -0.137. The van der Waals surface area contributed by atoms with Gasteiger partial charge in [0.1, 0.15) is 33.9 Å². The van der Waals surface area contributed by atoms with Crippen molar-refractivity contribution in [3.63, 3.8) is 0 Å². The van der Waals surface area contributed by atoms with Gasteiger partial charge in [0.2, 0.25) is 0 Å². The summed E-state index contributed by atoms with van der Waals surface area (Å²) in [6.07, 6.45) is -3.64. The standard InChI is InChI=1S/C37H33BrClF3N6O4S/c1-21-14-29(48(17-22-4-8-24(50-2)9-5-22)18-23-6-10-25(51-3)11-7-23)47-33(31(21)37(40,41)42)26-15-27-30(36(49)45-19-44-27)34(32(26)39)52-13-12-43-16-28-35(38)46-20-53-28/h4-11,14-15,19-20,43H,12-13,16-18H2,1-3H3,(H,44,45,49). The lowest BCUT2D eigenvalue weighted by Crippen LogP contribution is -2.24. The Bertz CT molecular complexity index is 2220. The third-order valence-corrected chi connectivity index (χ3v) is 10.5. The molecule has 0 saturated heterocycles. The topological polar surface area (TPSA) is 114 Å². The van der Waals surface area contributed by atoms with Crippen molar-refractivity contribution in [3.05, 3.63) is 120 Å². The minimum atomic E-state index is -4.81. The van der Waals surface area contributed by atoms with E-state index in [9.17, 15) is 18.0 Å². The van der Waals surface area contributed by atoms with E-state index in [-0.39, 0.29) is 45.2 Å². The van der Waals surface area contributed by atoms with E-state index >= 15 is 0 Å². The minimum Gasteiger partial charge on any atom is -0.497 e. The van der Waals surface area contributed by atoms with Crippen LogP contribution in [0.5, 0.6) is 17.2 Å². The van der Waals surface area contributed by atoms with Gasteiger partial charge in [-0.2, -0.15) is 13.2 Å². The maximum atomic E-state index is 15.0.